The van der Waals surface area contributed by atoms with Gasteiger partial charge in [-0.1, -0.05) is 30.3 Å². The van der Waals surface area contributed by atoms with Crippen molar-refractivity contribution >= 4 is 18.0 Å². The molecule has 0 heterocycles. The van der Waals surface area contributed by atoms with Crippen LogP contribution in [0, 0.1) is 5.92 Å². The summed E-state index contributed by atoms with van der Waals surface area (Å²) < 4.78 is 9.70. The lowest BCUT2D eigenvalue weighted by molar-refractivity contribution is -0.145. The van der Waals surface area contributed by atoms with Crippen molar-refractivity contribution in [3.05, 3.63) is 35.9 Å². The summed E-state index contributed by atoms with van der Waals surface area (Å²) >= 11 is 0. The highest BCUT2D eigenvalue weighted by Gasteiger charge is 2.63. The zero-order valence-corrected chi connectivity index (χ0v) is 12.1. The number of methoxy groups -OCH3 is 1. The molecule has 1 aromatic rings. The maximum absolute atomic E-state index is 11.8. The van der Waals surface area contributed by atoms with Crippen molar-refractivity contribution in [2.24, 2.45) is 5.92 Å². The van der Waals surface area contributed by atoms with Gasteiger partial charge in [0.1, 0.15) is 12.1 Å². The highest BCUT2D eigenvalue weighted by Crippen LogP contribution is 2.46. The number of carboxylic acid groups (broad SMARTS) is 1. The van der Waals surface area contributed by atoms with Crippen LogP contribution in [0.4, 0.5) is 4.79 Å². The number of alkyl carbamates (subject to hydrolysis) is 1. The fourth-order valence-corrected chi connectivity index (χ4v) is 2.36. The summed E-state index contributed by atoms with van der Waals surface area (Å²) in [5.74, 6) is -2.17. The molecule has 0 spiro atoms. The van der Waals surface area contributed by atoms with Gasteiger partial charge in [-0.05, 0) is 12.0 Å². The van der Waals surface area contributed by atoms with Crippen LogP contribution in [0.2, 0.25) is 0 Å². The Morgan fingerprint density at radius 3 is 2.59 bits per heavy atom. The number of aliphatic carboxylic acids is 1. The van der Waals surface area contributed by atoms with Gasteiger partial charge in [-0.3, -0.25) is 4.79 Å². The molecule has 0 radical (unpaired) electrons. The zero-order valence-electron chi connectivity index (χ0n) is 12.1. The molecule has 22 heavy (non-hydrogen) atoms. The lowest BCUT2D eigenvalue weighted by Gasteiger charge is -2.16. The Hall–Kier alpha value is -2.57. The molecule has 2 N–H and O–H groups in total. The van der Waals surface area contributed by atoms with E-state index in [4.69, 9.17) is 9.84 Å². The van der Waals surface area contributed by atoms with E-state index in [1.54, 1.807) is 12.1 Å². The number of esters is 1. The van der Waals surface area contributed by atoms with E-state index >= 15 is 0 Å². The number of amides is 1. The average Bonchev–Trinajstić information content (AvgIpc) is 3.18. The molecule has 0 aliphatic heterocycles. The van der Waals surface area contributed by atoms with Gasteiger partial charge >= 0.3 is 18.0 Å². The Labute approximate surface area is 127 Å². The second-order valence-corrected chi connectivity index (χ2v) is 5.15. The minimum absolute atomic E-state index is 0.0630. The summed E-state index contributed by atoms with van der Waals surface area (Å²) in [6, 6.07) is 9.07. The first-order valence-corrected chi connectivity index (χ1v) is 6.77. The van der Waals surface area contributed by atoms with E-state index in [0.717, 1.165) is 5.56 Å². The van der Waals surface area contributed by atoms with Crippen LogP contribution >= 0.6 is 0 Å². The van der Waals surface area contributed by atoms with Gasteiger partial charge in [-0.15, -0.1) is 0 Å². The molecule has 0 aromatic heterocycles. The van der Waals surface area contributed by atoms with E-state index in [-0.39, 0.29) is 19.4 Å². The van der Waals surface area contributed by atoms with Crippen LogP contribution in [0.25, 0.3) is 0 Å². The third-order valence-electron chi connectivity index (χ3n) is 3.61. The molecule has 0 bridgehead atoms. The Morgan fingerprint density at radius 1 is 1.32 bits per heavy atom. The number of carboxylic acids is 1. The lowest BCUT2D eigenvalue weighted by atomic mass is 10.1. The summed E-state index contributed by atoms with van der Waals surface area (Å²) in [4.78, 5) is 34.4. The number of nitrogens with one attached hydrogen (secondary N) is 1. The maximum atomic E-state index is 11.8. The van der Waals surface area contributed by atoms with Gasteiger partial charge in [0.2, 0.25) is 0 Å². The quantitative estimate of drug-likeness (QED) is 0.768. The highest BCUT2D eigenvalue weighted by molar-refractivity contribution is 5.90. The van der Waals surface area contributed by atoms with E-state index in [1.165, 1.54) is 7.11 Å². The van der Waals surface area contributed by atoms with Crippen molar-refractivity contribution in [3.63, 3.8) is 0 Å². The van der Waals surface area contributed by atoms with Crippen molar-refractivity contribution in [3.8, 4) is 0 Å². The van der Waals surface area contributed by atoms with Crippen LogP contribution < -0.4 is 5.32 Å². The molecular formula is C15H17NO6. The van der Waals surface area contributed by atoms with E-state index in [0.29, 0.717) is 0 Å². The van der Waals surface area contributed by atoms with Crippen molar-refractivity contribution in [2.75, 3.05) is 7.11 Å². The minimum Gasteiger partial charge on any atom is -0.481 e. The first kappa shape index (κ1) is 15.8. The number of benzene rings is 1. The molecule has 118 valence electrons. The predicted molar refractivity (Wildman–Crippen MR) is 74.9 cm³/mol. The first-order chi connectivity index (χ1) is 10.5. The molecule has 1 amide bonds. The molecule has 1 aliphatic rings. The molecule has 1 aromatic carbocycles. The number of carbonyl (C=O) groups excluding carboxylic acids is 2. The van der Waals surface area contributed by atoms with Crippen molar-refractivity contribution in [1.29, 1.82) is 0 Å². The van der Waals surface area contributed by atoms with E-state index in [1.807, 2.05) is 18.2 Å². The molecule has 0 unspecified atom stereocenters. The van der Waals surface area contributed by atoms with Gasteiger partial charge < -0.3 is 19.9 Å². The Bertz CT molecular complexity index is 573. The van der Waals surface area contributed by atoms with E-state index < -0.39 is 29.5 Å². The third-order valence-corrected chi connectivity index (χ3v) is 3.61. The molecule has 0 saturated heterocycles. The van der Waals surface area contributed by atoms with E-state index in [2.05, 4.69) is 10.1 Å². The standard InChI is InChI=1S/C15H17NO6/c1-21-13(19)15(8-11(15)7-12(17)18)16-14(20)22-9-10-5-3-2-4-6-10/h2-6,11H,7-9H2,1H3,(H,16,20)(H,17,18)/t11-,15-/m0/s1. The summed E-state index contributed by atoms with van der Waals surface area (Å²) in [6.07, 6.45) is -0.761. The maximum Gasteiger partial charge on any atom is 0.408 e. The monoisotopic (exact) mass is 307 g/mol. The van der Waals surface area contributed by atoms with Gasteiger partial charge in [-0.25, -0.2) is 9.59 Å². The van der Waals surface area contributed by atoms with Crippen LogP contribution in [0.5, 0.6) is 0 Å². The van der Waals surface area contributed by atoms with Crippen LogP contribution in [-0.2, 0) is 25.7 Å². The molecule has 1 saturated carbocycles. The second kappa shape index (κ2) is 6.46. The van der Waals surface area contributed by atoms with Crippen molar-refractivity contribution < 1.29 is 29.0 Å². The van der Waals surface area contributed by atoms with Gasteiger partial charge in [0.15, 0.2) is 0 Å². The Morgan fingerprint density at radius 2 is 2.00 bits per heavy atom. The summed E-state index contributed by atoms with van der Waals surface area (Å²) in [5, 5.41) is 11.2. The number of hydrogen-bond donors (Lipinski definition) is 2. The highest BCUT2D eigenvalue weighted by atomic mass is 16.6. The third kappa shape index (κ3) is 3.55. The van der Waals surface area contributed by atoms with Crippen LogP contribution in [-0.4, -0.2) is 35.8 Å². The molecule has 1 aliphatic carbocycles. The number of ether oxygens (including phenoxy) is 2. The zero-order chi connectivity index (χ0) is 16.2. The number of rotatable bonds is 6. The van der Waals surface area contributed by atoms with Gasteiger partial charge in [-0.2, -0.15) is 0 Å². The lowest BCUT2D eigenvalue weighted by Crippen LogP contribution is -2.46. The first-order valence-electron chi connectivity index (χ1n) is 6.77. The summed E-state index contributed by atoms with van der Waals surface area (Å²) in [5.41, 5.74) is -0.483. The Kier molecular flexibility index (Phi) is 4.65. The second-order valence-electron chi connectivity index (χ2n) is 5.15. The van der Waals surface area contributed by atoms with Crippen LogP contribution in [0.15, 0.2) is 30.3 Å². The molecule has 1 fully saturated rings. The molecular weight excluding hydrogens is 290 g/mol. The SMILES string of the molecule is COC(=O)[C@]1(NC(=O)OCc2ccccc2)C[C@@H]1CC(=O)O. The normalized spacial score (nSPS) is 22.5. The molecule has 2 atom stereocenters. The summed E-state index contributed by atoms with van der Waals surface area (Å²) in [7, 11) is 1.19. The largest absolute Gasteiger partial charge is 0.481 e. The fraction of sp³-hybridized carbons (Fsp3) is 0.400. The molecule has 7 heteroatoms. The van der Waals surface area contributed by atoms with Crippen LogP contribution in [0.1, 0.15) is 18.4 Å². The van der Waals surface area contributed by atoms with Gasteiger partial charge in [0, 0.05) is 5.92 Å². The average molecular weight is 307 g/mol. The smallest absolute Gasteiger partial charge is 0.408 e. The van der Waals surface area contributed by atoms with Crippen molar-refractivity contribution in [1.82, 2.24) is 5.32 Å². The number of carbonyl (C=O) groups is 3. The van der Waals surface area contributed by atoms with Crippen LogP contribution in [0.3, 0.4) is 0 Å². The summed E-state index contributed by atoms with van der Waals surface area (Å²) in [6.45, 7) is 0.0630. The molecule has 7 nitrogen and oxygen atoms in total. The number of hydrogen-bond acceptors (Lipinski definition) is 5. The van der Waals surface area contributed by atoms with Crippen molar-refractivity contribution in [2.45, 2.75) is 25.0 Å². The van der Waals surface area contributed by atoms with Gasteiger partial charge in [0.25, 0.3) is 0 Å². The predicted octanol–water partition coefficient (Wildman–Crippen LogP) is 1.32. The fourth-order valence-electron chi connectivity index (χ4n) is 2.36. The van der Waals surface area contributed by atoms with Gasteiger partial charge in [0.05, 0.1) is 13.5 Å². The minimum atomic E-state index is -1.29. The topological polar surface area (TPSA) is 102 Å². The molecule has 2 rings (SSSR count). The Balaban J connectivity index is 1.92. The van der Waals surface area contributed by atoms with E-state index in [9.17, 15) is 14.4 Å².